The Morgan fingerprint density at radius 2 is 2.00 bits per heavy atom. The molecule has 1 aromatic heterocycles. The van der Waals surface area contributed by atoms with Crippen LogP contribution in [0.5, 0.6) is 0 Å². The van der Waals surface area contributed by atoms with E-state index in [0.29, 0.717) is 6.54 Å². The molecule has 0 aliphatic carbocycles. The van der Waals surface area contributed by atoms with Crippen molar-refractivity contribution in [2.45, 2.75) is 32.6 Å². The molecule has 0 radical (unpaired) electrons. The van der Waals surface area contributed by atoms with Gasteiger partial charge in [0.2, 0.25) is 0 Å². The van der Waals surface area contributed by atoms with E-state index in [-0.39, 0.29) is 10.7 Å². The number of rotatable bonds is 5. The lowest BCUT2D eigenvalue weighted by Gasteiger charge is -2.12. The fourth-order valence-corrected chi connectivity index (χ4v) is 2.21. The average Bonchev–Trinajstić information content (AvgIpc) is 2.84. The summed E-state index contributed by atoms with van der Waals surface area (Å²) in [6.07, 6.45) is 0.582. The molecular formula is C15H16ClF3N2. The summed E-state index contributed by atoms with van der Waals surface area (Å²) in [7, 11) is 0. The zero-order valence-electron chi connectivity index (χ0n) is 11.5. The summed E-state index contributed by atoms with van der Waals surface area (Å²) in [4.78, 5) is 0. The molecule has 0 unspecified atom stereocenters. The van der Waals surface area contributed by atoms with E-state index in [9.17, 15) is 13.2 Å². The van der Waals surface area contributed by atoms with Crippen LogP contribution in [0.1, 0.15) is 24.5 Å². The van der Waals surface area contributed by atoms with E-state index in [1.165, 1.54) is 6.07 Å². The second-order valence-electron chi connectivity index (χ2n) is 4.80. The highest BCUT2D eigenvalue weighted by atomic mass is 35.5. The predicted molar refractivity (Wildman–Crippen MR) is 78.5 cm³/mol. The molecule has 0 spiro atoms. The first-order valence-corrected chi connectivity index (χ1v) is 7.03. The highest BCUT2D eigenvalue weighted by Gasteiger charge is 2.30. The summed E-state index contributed by atoms with van der Waals surface area (Å²) in [5.74, 6) is 0. The summed E-state index contributed by atoms with van der Waals surface area (Å²) >= 11 is 5.93. The van der Waals surface area contributed by atoms with Gasteiger partial charge in [-0.1, -0.05) is 18.5 Å². The van der Waals surface area contributed by atoms with Crippen LogP contribution in [0.2, 0.25) is 5.02 Å². The highest BCUT2D eigenvalue weighted by Crippen LogP contribution is 2.33. The lowest BCUT2D eigenvalue weighted by molar-refractivity contribution is -0.137. The Hall–Kier alpha value is -1.62. The third-order valence-electron chi connectivity index (χ3n) is 3.07. The summed E-state index contributed by atoms with van der Waals surface area (Å²) in [6, 6.07) is 5.20. The lowest BCUT2D eigenvalue weighted by atomic mass is 10.2. The van der Waals surface area contributed by atoms with Crippen LogP contribution in [0, 0.1) is 0 Å². The van der Waals surface area contributed by atoms with Crippen molar-refractivity contribution in [3.8, 4) is 0 Å². The van der Waals surface area contributed by atoms with Crippen molar-refractivity contribution >= 4 is 17.3 Å². The van der Waals surface area contributed by atoms with Crippen molar-refractivity contribution in [2.24, 2.45) is 0 Å². The molecule has 0 atom stereocenters. The first-order valence-electron chi connectivity index (χ1n) is 6.65. The van der Waals surface area contributed by atoms with Crippen molar-refractivity contribution in [3.05, 3.63) is 52.8 Å². The largest absolute Gasteiger partial charge is 0.416 e. The van der Waals surface area contributed by atoms with Gasteiger partial charge in [-0.05, 0) is 36.2 Å². The zero-order valence-corrected chi connectivity index (χ0v) is 12.3. The fraction of sp³-hybridized carbons (Fsp3) is 0.333. The van der Waals surface area contributed by atoms with Crippen molar-refractivity contribution in [1.29, 1.82) is 0 Å². The van der Waals surface area contributed by atoms with Gasteiger partial charge in [-0.2, -0.15) is 13.2 Å². The van der Waals surface area contributed by atoms with Gasteiger partial charge < -0.3 is 9.88 Å². The van der Waals surface area contributed by atoms with Gasteiger partial charge >= 0.3 is 6.18 Å². The minimum absolute atomic E-state index is 0.274. The van der Waals surface area contributed by atoms with Crippen molar-refractivity contribution < 1.29 is 13.2 Å². The first kappa shape index (κ1) is 15.8. The quantitative estimate of drug-likeness (QED) is 0.804. The molecular weight excluding hydrogens is 301 g/mol. The molecule has 1 aromatic carbocycles. The van der Waals surface area contributed by atoms with E-state index in [0.717, 1.165) is 30.7 Å². The maximum Gasteiger partial charge on any atom is 0.416 e. The summed E-state index contributed by atoms with van der Waals surface area (Å²) < 4.78 is 40.1. The highest BCUT2D eigenvalue weighted by molar-refractivity contribution is 6.33. The van der Waals surface area contributed by atoms with E-state index in [1.54, 1.807) is 0 Å². The Bertz CT molecular complexity index is 605. The maximum absolute atomic E-state index is 12.7. The van der Waals surface area contributed by atoms with Crippen LogP contribution >= 0.6 is 11.6 Å². The van der Waals surface area contributed by atoms with Crippen LogP contribution in [0.15, 0.2) is 36.7 Å². The van der Waals surface area contributed by atoms with Gasteiger partial charge in [-0.25, -0.2) is 0 Å². The number of anilines is 1. The Labute approximate surface area is 126 Å². The summed E-state index contributed by atoms with van der Waals surface area (Å²) in [5.41, 5.74) is 0.574. The number of nitrogens with zero attached hydrogens (tertiary/aromatic N) is 1. The van der Waals surface area contributed by atoms with Gasteiger partial charge in [0.15, 0.2) is 0 Å². The minimum Gasteiger partial charge on any atom is -0.380 e. The van der Waals surface area contributed by atoms with Crippen LogP contribution in [0.25, 0.3) is 0 Å². The molecule has 1 N–H and O–H groups in total. The van der Waals surface area contributed by atoms with Gasteiger partial charge in [0.25, 0.3) is 0 Å². The average molecular weight is 317 g/mol. The molecule has 2 rings (SSSR count). The summed E-state index contributed by atoms with van der Waals surface area (Å²) in [5, 5.41) is 3.23. The number of aryl methyl sites for hydroxylation is 1. The van der Waals surface area contributed by atoms with E-state index in [1.807, 2.05) is 23.0 Å². The van der Waals surface area contributed by atoms with E-state index < -0.39 is 11.7 Å². The first-order chi connectivity index (χ1) is 9.90. The molecule has 2 aromatic rings. The number of alkyl halides is 3. The van der Waals surface area contributed by atoms with Gasteiger partial charge in [0.05, 0.1) is 16.3 Å². The maximum atomic E-state index is 12.7. The molecule has 0 amide bonds. The Balaban J connectivity index is 2.08. The van der Waals surface area contributed by atoms with E-state index in [2.05, 4.69) is 12.2 Å². The fourth-order valence-electron chi connectivity index (χ4n) is 2.03. The van der Waals surface area contributed by atoms with Crippen LogP contribution in [-0.2, 0) is 19.3 Å². The van der Waals surface area contributed by atoms with Crippen LogP contribution < -0.4 is 5.32 Å². The number of halogens is 4. The number of hydrogen-bond donors (Lipinski definition) is 1. The van der Waals surface area contributed by atoms with Crippen molar-refractivity contribution in [2.75, 3.05) is 5.32 Å². The number of hydrogen-bond acceptors (Lipinski definition) is 1. The monoisotopic (exact) mass is 316 g/mol. The molecule has 0 aliphatic rings. The SMILES string of the molecule is CCCn1ccc(CNc2cc(C(F)(F)F)ccc2Cl)c1. The second kappa shape index (κ2) is 6.43. The normalized spacial score (nSPS) is 11.7. The summed E-state index contributed by atoms with van der Waals surface area (Å²) in [6.45, 7) is 3.43. The lowest BCUT2D eigenvalue weighted by Crippen LogP contribution is -2.06. The topological polar surface area (TPSA) is 17.0 Å². The smallest absolute Gasteiger partial charge is 0.380 e. The molecule has 0 saturated heterocycles. The number of benzene rings is 1. The molecule has 0 bridgehead atoms. The van der Waals surface area contributed by atoms with Crippen LogP contribution in [0.3, 0.4) is 0 Å². The third-order valence-corrected chi connectivity index (χ3v) is 3.40. The Morgan fingerprint density at radius 3 is 2.67 bits per heavy atom. The molecule has 21 heavy (non-hydrogen) atoms. The van der Waals surface area contributed by atoms with Gasteiger partial charge in [0, 0.05) is 25.5 Å². The van der Waals surface area contributed by atoms with Gasteiger partial charge in [-0.15, -0.1) is 0 Å². The van der Waals surface area contributed by atoms with E-state index in [4.69, 9.17) is 11.6 Å². The molecule has 1 heterocycles. The Kier molecular flexibility index (Phi) is 4.83. The van der Waals surface area contributed by atoms with Gasteiger partial charge in [0.1, 0.15) is 0 Å². The zero-order chi connectivity index (χ0) is 15.5. The van der Waals surface area contributed by atoms with Crippen molar-refractivity contribution in [3.63, 3.8) is 0 Å². The number of aromatic nitrogens is 1. The minimum atomic E-state index is -4.37. The molecule has 114 valence electrons. The Morgan fingerprint density at radius 1 is 1.24 bits per heavy atom. The molecule has 0 aliphatic heterocycles. The van der Waals surface area contributed by atoms with Crippen LogP contribution in [-0.4, -0.2) is 4.57 Å². The van der Waals surface area contributed by atoms with Crippen LogP contribution in [0.4, 0.5) is 18.9 Å². The molecule has 2 nitrogen and oxygen atoms in total. The van der Waals surface area contributed by atoms with Crippen molar-refractivity contribution in [1.82, 2.24) is 4.57 Å². The molecule has 0 saturated carbocycles. The van der Waals surface area contributed by atoms with E-state index >= 15 is 0 Å². The molecule has 6 heteroatoms. The molecule has 0 fully saturated rings. The second-order valence-corrected chi connectivity index (χ2v) is 5.21. The standard InChI is InChI=1S/C15H16ClF3N2/c1-2-6-21-7-5-11(10-21)9-20-14-8-12(15(17,18)19)3-4-13(14)16/h3-5,7-8,10,20H,2,6,9H2,1H3. The number of nitrogens with one attached hydrogen (secondary N) is 1. The van der Waals surface area contributed by atoms with Gasteiger partial charge in [-0.3, -0.25) is 0 Å². The predicted octanol–water partition coefficient (Wildman–Crippen LogP) is 5.18. The third kappa shape index (κ3) is 4.17.